The van der Waals surface area contributed by atoms with E-state index in [1.54, 1.807) is 47.3 Å². The minimum absolute atomic E-state index is 0.0991. The fourth-order valence-electron chi connectivity index (χ4n) is 3.37. The third-order valence-electron chi connectivity index (χ3n) is 5.04. The predicted octanol–water partition coefficient (Wildman–Crippen LogP) is 3.45. The van der Waals surface area contributed by atoms with Crippen molar-refractivity contribution in [3.63, 3.8) is 0 Å². The van der Waals surface area contributed by atoms with Gasteiger partial charge in [-0.2, -0.15) is 0 Å². The second-order valence-corrected chi connectivity index (χ2v) is 7.82. The van der Waals surface area contributed by atoms with E-state index in [2.05, 4.69) is 20.3 Å². The second-order valence-electron chi connectivity index (χ2n) is 7.38. The maximum atomic E-state index is 13.2. The molecule has 4 rings (SSSR count). The third-order valence-corrected chi connectivity index (χ3v) is 5.29. The van der Waals surface area contributed by atoms with Gasteiger partial charge in [0, 0.05) is 34.6 Å². The molecule has 0 radical (unpaired) electrons. The van der Waals surface area contributed by atoms with Gasteiger partial charge in [0.2, 0.25) is 5.91 Å². The van der Waals surface area contributed by atoms with Crippen LogP contribution in [0.25, 0.3) is 11.0 Å². The predicted molar refractivity (Wildman–Crippen MR) is 121 cm³/mol. The van der Waals surface area contributed by atoms with Gasteiger partial charge in [-0.25, -0.2) is 9.97 Å². The Morgan fingerprint density at radius 3 is 2.69 bits per heavy atom. The molecule has 4 aromatic rings. The van der Waals surface area contributed by atoms with Crippen LogP contribution in [0.4, 0.5) is 5.69 Å². The Balaban J connectivity index is 1.57. The highest BCUT2D eigenvalue weighted by Gasteiger charge is 2.20. The number of anilines is 1. The average Bonchev–Trinajstić information content (AvgIpc) is 3.19. The molecule has 8 nitrogen and oxygen atoms in total. The molecular weight excluding hydrogens is 430 g/mol. The smallest absolute Gasteiger partial charge is 0.228 e. The minimum Gasteiger partial charge on any atom is -0.394 e. The van der Waals surface area contributed by atoms with E-state index in [4.69, 9.17) is 11.6 Å². The van der Waals surface area contributed by atoms with Crippen LogP contribution >= 0.6 is 11.6 Å². The third kappa shape index (κ3) is 4.51. The number of aliphatic hydroxyl groups is 1. The van der Waals surface area contributed by atoms with E-state index in [1.165, 1.54) is 18.7 Å². The lowest BCUT2D eigenvalue weighted by Crippen LogP contribution is -2.15. The first-order valence-corrected chi connectivity index (χ1v) is 10.3. The molecule has 9 heteroatoms. The van der Waals surface area contributed by atoms with Crippen LogP contribution in [0.1, 0.15) is 34.5 Å². The molecule has 0 aliphatic carbocycles. The number of benzene rings is 1. The number of carbonyl (C=O) groups is 2. The Kier molecular flexibility index (Phi) is 6.25. The van der Waals surface area contributed by atoms with Crippen molar-refractivity contribution in [2.75, 3.05) is 11.9 Å². The topological polar surface area (TPSA) is 110 Å². The Hall–Kier alpha value is -3.62. The van der Waals surface area contributed by atoms with Gasteiger partial charge in [-0.15, -0.1) is 0 Å². The molecule has 0 unspecified atom stereocenters. The van der Waals surface area contributed by atoms with Gasteiger partial charge in [0.15, 0.2) is 5.78 Å². The van der Waals surface area contributed by atoms with Gasteiger partial charge >= 0.3 is 0 Å². The summed E-state index contributed by atoms with van der Waals surface area (Å²) in [5, 5.41) is 13.5. The van der Waals surface area contributed by atoms with Crippen LogP contribution in [0.15, 0.2) is 61.4 Å². The highest BCUT2D eigenvalue weighted by Crippen LogP contribution is 2.25. The standard InChI is InChI=1S/C23H20ClN5O3/c1-14(12-30)29-11-20(19-10-26-13-27-23(19)29)22(32)16-7-18(9-25-8-16)28-21(31)6-15-2-4-17(24)5-3-15/h2-5,7-11,13-14,30H,6,12H2,1H3,(H,28,31)/t14-/m0/s1. The maximum absolute atomic E-state index is 13.2. The van der Waals surface area contributed by atoms with Crippen molar-refractivity contribution in [1.29, 1.82) is 0 Å². The fourth-order valence-corrected chi connectivity index (χ4v) is 3.50. The zero-order valence-corrected chi connectivity index (χ0v) is 18.0. The summed E-state index contributed by atoms with van der Waals surface area (Å²) in [5.41, 5.74) is 2.50. The number of rotatable bonds is 7. The molecule has 0 fully saturated rings. The SMILES string of the molecule is C[C@@H](CO)n1cc(C(=O)c2cncc(NC(=O)Cc3ccc(Cl)cc3)c2)c2cncnc21. The van der Waals surface area contributed by atoms with Crippen molar-refractivity contribution in [3.05, 3.63) is 83.2 Å². The van der Waals surface area contributed by atoms with Crippen LogP contribution in [0.5, 0.6) is 0 Å². The summed E-state index contributed by atoms with van der Waals surface area (Å²) in [6.45, 7) is 1.73. The van der Waals surface area contributed by atoms with Crippen LogP contribution in [-0.2, 0) is 11.2 Å². The molecule has 0 saturated carbocycles. The highest BCUT2D eigenvalue weighted by molar-refractivity contribution is 6.30. The number of nitrogens with one attached hydrogen (secondary N) is 1. The summed E-state index contributed by atoms with van der Waals surface area (Å²) in [7, 11) is 0. The van der Waals surface area contributed by atoms with Crippen LogP contribution < -0.4 is 5.32 Å². The van der Waals surface area contributed by atoms with Crippen molar-refractivity contribution in [1.82, 2.24) is 19.5 Å². The molecule has 0 bridgehead atoms. The Bertz CT molecular complexity index is 1290. The van der Waals surface area contributed by atoms with E-state index in [1.807, 2.05) is 6.92 Å². The Morgan fingerprint density at radius 2 is 1.94 bits per heavy atom. The number of ketones is 1. The second kappa shape index (κ2) is 9.25. The molecule has 32 heavy (non-hydrogen) atoms. The Labute approximate surface area is 188 Å². The number of pyridine rings is 1. The van der Waals surface area contributed by atoms with Crippen LogP contribution in [0.2, 0.25) is 5.02 Å². The number of nitrogens with zero attached hydrogens (tertiary/aromatic N) is 4. The summed E-state index contributed by atoms with van der Waals surface area (Å²) in [6.07, 6.45) is 7.72. The molecule has 0 aliphatic rings. The zero-order valence-electron chi connectivity index (χ0n) is 17.2. The van der Waals surface area contributed by atoms with Crippen molar-refractivity contribution in [3.8, 4) is 0 Å². The van der Waals surface area contributed by atoms with Gasteiger partial charge in [-0.05, 0) is 30.7 Å². The number of hydrogen-bond donors (Lipinski definition) is 2. The largest absolute Gasteiger partial charge is 0.394 e. The number of hydrogen-bond acceptors (Lipinski definition) is 6. The number of fused-ring (bicyclic) bond motifs is 1. The molecule has 0 aliphatic heterocycles. The number of aliphatic hydroxyl groups excluding tert-OH is 1. The van der Waals surface area contributed by atoms with E-state index in [9.17, 15) is 14.7 Å². The fraction of sp³-hybridized carbons (Fsp3) is 0.174. The number of carbonyl (C=O) groups excluding carboxylic acids is 2. The lowest BCUT2D eigenvalue weighted by Gasteiger charge is -2.10. The van der Waals surface area contributed by atoms with Gasteiger partial charge in [0.05, 0.1) is 36.5 Å². The first kappa shape index (κ1) is 21.6. The molecule has 1 amide bonds. The van der Waals surface area contributed by atoms with Gasteiger partial charge in [0.25, 0.3) is 0 Å². The van der Waals surface area contributed by atoms with Gasteiger partial charge in [-0.3, -0.25) is 14.6 Å². The van der Waals surface area contributed by atoms with Crippen molar-refractivity contribution in [2.45, 2.75) is 19.4 Å². The monoisotopic (exact) mass is 449 g/mol. The van der Waals surface area contributed by atoms with E-state index >= 15 is 0 Å². The molecule has 1 aromatic carbocycles. The molecule has 1 atom stereocenters. The number of aromatic nitrogens is 4. The summed E-state index contributed by atoms with van der Waals surface area (Å²) in [5.74, 6) is -0.518. The van der Waals surface area contributed by atoms with E-state index in [0.29, 0.717) is 32.9 Å². The van der Waals surface area contributed by atoms with E-state index in [0.717, 1.165) is 5.56 Å². The molecule has 0 spiro atoms. The lowest BCUT2D eigenvalue weighted by molar-refractivity contribution is -0.115. The minimum atomic E-state index is -0.282. The van der Waals surface area contributed by atoms with Crippen molar-refractivity contribution >= 4 is 40.0 Å². The Morgan fingerprint density at radius 1 is 1.16 bits per heavy atom. The summed E-state index contributed by atoms with van der Waals surface area (Å²) < 4.78 is 1.75. The average molecular weight is 450 g/mol. The van der Waals surface area contributed by atoms with Crippen molar-refractivity contribution in [2.24, 2.45) is 0 Å². The van der Waals surface area contributed by atoms with Crippen molar-refractivity contribution < 1.29 is 14.7 Å². The molecule has 2 N–H and O–H groups in total. The first-order chi connectivity index (χ1) is 15.5. The zero-order chi connectivity index (χ0) is 22.7. The van der Waals surface area contributed by atoms with Gasteiger partial charge in [-0.1, -0.05) is 23.7 Å². The number of amides is 1. The normalized spacial score (nSPS) is 12.0. The van der Waals surface area contributed by atoms with Crippen LogP contribution in [0.3, 0.4) is 0 Å². The van der Waals surface area contributed by atoms with Crippen LogP contribution in [0, 0.1) is 0 Å². The molecule has 3 aromatic heterocycles. The molecule has 0 saturated heterocycles. The molecule has 3 heterocycles. The summed E-state index contributed by atoms with van der Waals surface area (Å²) in [6, 6.07) is 8.34. The van der Waals surface area contributed by atoms with E-state index in [-0.39, 0.29) is 30.8 Å². The van der Waals surface area contributed by atoms with Crippen LogP contribution in [-0.4, -0.2) is 42.9 Å². The highest BCUT2D eigenvalue weighted by atomic mass is 35.5. The molecule has 162 valence electrons. The van der Waals surface area contributed by atoms with E-state index < -0.39 is 0 Å². The molecular formula is C23H20ClN5O3. The maximum Gasteiger partial charge on any atom is 0.228 e. The lowest BCUT2D eigenvalue weighted by atomic mass is 10.1. The summed E-state index contributed by atoms with van der Waals surface area (Å²) >= 11 is 5.88. The summed E-state index contributed by atoms with van der Waals surface area (Å²) in [4.78, 5) is 38.0. The number of halogens is 1. The van der Waals surface area contributed by atoms with Gasteiger partial charge < -0.3 is 15.0 Å². The first-order valence-electron chi connectivity index (χ1n) is 9.91. The van der Waals surface area contributed by atoms with Gasteiger partial charge in [0.1, 0.15) is 12.0 Å². The quantitative estimate of drug-likeness (QED) is 0.418.